The van der Waals surface area contributed by atoms with Gasteiger partial charge in [0.15, 0.2) is 0 Å². The number of aliphatic imine (C=N–C) groups is 1. The van der Waals surface area contributed by atoms with Crippen LogP contribution < -0.4 is 5.73 Å². The zero-order chi connectivity index (χ0) is 10.1. The molecule has 1 aromatic carbocycles. The highest BCUT2D eigenvalue weighted by Gasteiger charge is 2.24. The van der Waals surface area contributed by atoms with Gasteiger partial charge in [0.25, 0.3) is 0 Å². The number of hydrogen-bond acceptors (Lipinski definition) is 1. The zero-order valence-corrected chi connectivity index (χ0v) is 8.75. The van der Waals surface area contributed by atoms with Gasteiger partial charge in [0.05, 0.1) is 5.84 Å². The molecule has 0 bridgehead atoms. The average Bonchev–Trinajstić information content (AvgIpc) is 2.62. The highest BCUT2D eigenvalue weighted by atomic mass is 14.8. The average molecular weight is 188 g/mol. The number of fused-ring (bicyclic) bond motifs is 1. The molecule has 0 radical (unpaired) electrons. The van der Waals surface area contributed by atoms with Gasteiger partial charge in [-0.3, -0.25) is 4.99 Å². The van der Waals surface area contributed by atoms with Crippen LogP contribution in [0.15, 0.2) is 23.2 Å². The van der Waals surface area contributed by atoms with E-state index in [4.69, 9.17) is 5.73 Å². The third-order valence-electron chi connectivity index (χ3n) is 3.10. The Morgan fingerprint density at radius 1 is 1.43 bits per heavy atom. The lowest BCUT2D eigenvalue weighted by Gasteiger charge is -2.06. The summed E-state index contributed by atoms with van der Waals surface area (Å²) in [5, 5.41) is 0. The molecule has 1 atom stereocenters. The molecule has 0 heterocycles. The largest absolute Gasteiger partial charge is 0.387 e. The maximum Gasteiger partial charge on any atom is 0.0971 e. The van der Waals surface area contributed by atoms with Crippen LogP contribution in [0.2, 0.25) is 0 Å². The Balaban J connectivity index is 2.30. The molecule has 2 N–H and O–H groups in total. The lowest BCUT2D eigenvalue weighted by Crippen LogP contribution is -2.23. The Morgan fingerprint density at radius 2 is 2.21 bits per heavy atom. The van der Waals surface area contributed by atoms with Gasteiger partial charge in [0.1, 0.15) is 0 Å². The third kappa shape index (κ3) is 1.41. The van der Waals surface area contributed by atoms with Gasteiger partial charge in [0, 0.05) is 13.0 Å². The van der Waals surface area contributed by atoms with Crippen molar-refractivity contribution < 1.29 is 0 Å². The molecule has 2 rings (SSSR count). The summed E-state index contributed by atoms with van der Waals surface area (Å²) in [5.74, 6) is 1.22. The molecule has 74 valence electrons. The maximum absolute atomic E-state index is 5.86. The summed E-state index contributed by atoms with van der Waals surface area (Å²) in [7, 11) is 1.77. The summed E-state index contributed by atoms with van der Waals surface area (Å²) >= 11 is 0. The van der Waals surface area contributed by atoms with E-state index >= 15 is 0 Å². The van der Waals surface area contributed by atoms with Gasteiger partial charge in [-0.05, 0) is 36.5 Å². The Bertz CT molecular complexity index is 380. The number of rotatable bonds is 1. The molecule has 0 saturated carbocycles. The summed E-state index contributed by atoms with van der Waals surface area (Å²) in [6, 6.07) is 6.49. The van der Waals surface area contributed by atoms with Gasteiger partial charge in [-0.15, -0.1) is 0 Å². The fourth-order valence-corrected chi connectivity index (χ4v) is 2.22. The number of nitrogens with zero attached hydrogens (tertiary/aromatic N) is 1. The van der Waals surface area contributed by atoms with Crippen LogP contribution in [-0.2, 0) is 12.8 Å². The van der Waals surface area contributed by atoms with Gasteiger partial charge in [0.2, 0.25) is 0 Å². The fraction of sp³-hybridized carbons (Fsp3) is 0.417. The van der Waals surface area contributed by atoms with Gasteiger partial charge in [-0.25, -0.2) is 0 Å². The van der Waals surface area contributed by atoms with E-state index in [1.807, 2.05) is 0 Å². The van der Waals surface area contributed by atoms with Crippen LogP contribution in [0.3, 0.4) is 0 Å². The van der Waals surface area contributed by atoms with Gasteiger partial charge >= 0.3 is 0 Å². The first-order valence-corrected chi connectivity index (χ1v) is 5.02. The smallest absolute Gasteiger partial charge is 0.0971 e. The second-order valence-electron chi connectivity index (χ2n) is 3.97. The van der Waals surface area contributed by atoms with E-state index in [9.17, 15) is 0 Å². The minimum Gasteiger partial charge on any atom is -0.387 e. The van der Waals surface area contributed by atoms with E-state index in [0.717, 1.165) is 18.7 Å². The van der Waals surface area contributed by atoms with Crippen molar-refractivity contribution in [3.63, 3.8) is 0 Å². The number of nitrogens with two attached hydrogens (primary N) is 1. The van der Waals surface area contributed by atoms with E-state index in [1.165, 1.54) is 16.7 Å². The van der Waals surface area contributed by atoms with Crippen molar-refractivity contribution in [2.24, 2.45) is 16.6 Å². The molecule has 0 amide bonds. The minimum absolute atomic E-state index is 0.427. The molecule has 0 aromatic heterocycles. The van der Waals surface area contributed by atoms with Crippen molar-refractivity contribution in [3.8, 4) is 0 Å². The van der Waals surface area contributed by atoms with E-state index in [0.29, 0.717) is 5.92 Å². The van der Waals surface area contributed by atoms with Crippen LogP contribution in [0.5, 0.6) is 0 Å². The van der Waals surface area contributed by atoms with Gasteiger partial charge in [-0.1, -0.05) is 18.2 Å². The molecular weight excluding hydrogens is 172 g/mol. The first kappa shape index (κ1) is 9.25. The molecule has 0 spiro atoms. The summed E-state index contributed by atoms with van der Waals surface area (Å²) in [6.45, 7) is 2.17. The summed E-state index contributed by atoms with van der Waals surface area (Å²) in [4.78, 5) is 4.08. The van der Waals surface area contributed by atoms with Crippen molar-refractivity contribution in [2.45, 2.75) is 19.8 Å². The van der Waals surface area contributed by atoms with Crippen molar-refractivity contribution in [1.82, 2.24) is 0 Å². The monoisotopic (exact) mass is 188 g/mol. The molecule has 1 aliphatic rings. The molecule has 0 fully saturated rings. The van der Waals surface area contributed by atoms with Crippen molar-refractivity contribution in [3.05, 3.63) is 34.9 Å². The lowest BCUT2D eigenvalue weighted by atomic mass is 10.0. The van der Waals surface area contributed by atoms with Crippen LogP contribution in [0.25, 0.3) is 0 Å². The predicted molar refractivity (Wildman–Crippen MR) is 59.6 cm³/mol. The lowest BCUT2D eigenvalue weighted by molar-refractivity contribution is 0.738. The standard InChI is InChI=1S/C12H16N2/c1-8-4-3-5-9-6-10(7-11(8)9)12(13)14-2/h3-5,10H,6-7H2,1-2H3,(H2,13,14). The van der Waals surface area contributed by atoms with E-state index < -0.39 is 0 Å². The molecule has 0 aliphatic heterocycles. The second-order valence-corrected chi connectivity index (χ2v) is 3.97. The SMILES string of the molecule is CN=C(N)C1Cc2cccc(C)c2C1. The zero-order valence-electron chi connectivity index (χ0n) is 8.75. The predicted octanol–water partition coefficient (Wildman–Crippen LogP) is 1.70. The minimum atomic E-state index is 0.427. The molecule has 2 nitrogen and oxygen atoms in total. The Labute approximate surface area is 84.9 Å². The second kappa shape index (κ2) is 3.45. The van der Waals surface area contributed by atoms with Crippen LogP contribution >= 0.6 is 0 Å². The molecule has 1 aliphatic carbocycles. The highest BCUT2D eigenvalue weighted by molar-refractivity contribution is 5.84. The fourth-order valence-electron chi connectivity index (χ4n) is 2.22. The summed E-state index contributed by atoms with van der Waals surface area (Å²) in [5.41, 5.74) is 10.2. The van der Waals surface area contributed by atoms with Crippen LogP contribution in [0, 0.1) is 12.8 Å². The van der Waals surface area contributed by atoms with E-state index in [1.54, 1.807) is 7.05 Å². The van der Waals surface area contributed by atoms with Crippen molar-refractivity contribution in [2.75, 3.05) is 7.05 Å². The number of amidine groups is 1. The normalized spacial score (nSPS) is 21.0. The molecule has 14 heavy (non-hydrogen) atoms. The molecule has 0 saturated heterocycles. The Hall–Kier alpha value is -1.31. The topological polar surface area (TPSA) is 38.4 Å². The first-order valence-electron chi connectivity index (χ1n) is 5.02. The Kier molecular flexibility index (Phi) is 2.28. The quantitative estimate of drug-likeness (QED) is 0.528. The number of hydrogen-bond donors (Lipinski definition) is 1. The van der Waals surface area contributed by atoms with Crippen molar-refractivity contribution >= 4 is 5.84 Å². The van der Waals surface area contributed by atoms with E-state index in [2.05, 4.69) is 30.1 Å². The maximum atomic E-state index is 5.86. The first-order chi connectivity index (χ1) is 6.72. The molecule has 2 heteroatoms. The molecule has 1 aromatic rings. The summed E-state index contributed by atoms with van der Waals surface area (Å²) in [6.07, 6.45) is 2.12. The van der Waals surface area contributed by atoms with E-state index in [-0.39, 0.29) is 0 Å². The number of aryl methyl sites for hydroxylation is 1. The third-order valence-corrected chi connectivity index (χ3v) is 3.10. The van der Waals surface area contributed by atoms with Gasteiger partial charge in [-0.2, -0.15) is 0 Å². The van der Waals surface area contributed by atoms with Crippen LogP contribution in [-0.4, -0.2) is 12.9 Å². The molecular formula is C12H16N2. The van der Waals surface area contributed by atoms with Crippen molar-refractivity contribution in [1.29, 1.82) is 0 Å². The summed E-state index contributed by atoms with van der Waals surface area (Å²) < 4.78 is 0. The van der Waals surface area contributed by atoms with Gasteiger partial charge < -0.3 is 5.73 Å². The molecule has 1 unspecified atom stereocenters. The highest BCUT2D eigenvalue weighted by Crippen LogP contribution is 2.29. The van der Waals surface area contributed by atoms with Crippen LogP contribution in [0.1, 0.15) is 16.7 Å². The van der Waals surface area contributed by atoms with Crippen LogP contribution in [0.4, 0.5) is 0 Å². The Morgan fingerprint density at radius 3 is 2.86 bits per heavy atom. The number of benzene rings is 1.